The number of carbonyl (C=O) groups is 2. The summed E-state index contributed by atoms with van der Waals surface area (Å²) in [6.07, 6.45) is -2.24. The summed E-state index contributed by atoms with van der Waals surface area (Å²) in [7, 11) is 0. The first-order valence-electron chi connectivity index (χ1n) is 10.4. The van der Waals surface area contributed by atoms with E-state index in [9.17, 15) is 9.59 Å². The predicted molar refractivity (Wildman–Crippen MR) is 119 cm³/mol. The Hall–Kier alpha value is -2.27. The Labute approximate surface area is 193 Å². The maximum Gasteiger partial charge on any atom is 0.408 e. The molecule has 0 aliphatic carbocycles. The van der Waals surface area contributed by atoms with Crippen molar-refractivity contribution in [3.8, 4) is 0 Å². The number of alkyl carbamates (subject to hydrolysis) is 1. The van der Waals surface area contributed by atoms with Crippen LogP contribution in [0.1, 0.15) is 45.0 Å². The molecule has 0 bridgehead atoms. The summed E-state index contributed by atoms with van der Waals surface area (Å²) >= 11 is 5.39. The fourth-order valence-corrected chi connectivity index (χ4v) is 3.62. The molecular weight excluding hydrogens is 436 g/mol. The Balaban J connectivity index is 1.59. The SMILES string of the molecule is CC(C)(C)OC(=O)NCC(=S)N[C@@H]1[C@H]2OC(C)(C)O[C@H]2O[C@@H]1COC(=O)c1ccccc1. The highest BCUT2D eigenvalue weighted by molar-refractivity contribution is 7.80. The van der Waals surface area contributed by atoms with Gasteiger partial charge in [0.05, 0.1) is 23.1 Å². The van der Waals surface area contributed by atoms with E-state index in [1.807, 2.05) is 6.07 Å². The molecule has 2 aliphatic heterocycles. The molecular formula is C22H30N2O7S. The molecule has 2 fully saturated rings. The van der Waals surface area contributed by atoms with E-state index in [1.54, 1.807) is 58.9 Å². The molecule has 2 saturated heterocycles. The van der Waals surface area contributed by atoms with Crippen molar-refractivity contribution < 1.29 is 33.3 Å². The summed E-state index contributed by atoms with van der Waals surface area (Å²) in [6, 6.07) is 8.25. The zero-order valence-corrected chi connectivity index (χ0v) is 19.7. The van der Waals surface area contributed by atoms with Crippen LogP contribution < -0.4 is 10.6 Å². The Morgan fingerprint density at radius 2 is 1.84 bits per heavy atom. The van der Waals surface area contributed by atoms with Crippen LogP contribution in [-0.4, -0.2) is 66.1 Å². The lowest BCUT2D eigenvalue weighted by Crippen LogP contribution is -2.51. The average molecular weight is 467 g/mol. The van der Waals surface area contributed by atoms with E-state index in [1.165, 1.54) is 0 Å². The first-order chi connectivity index (χ1) is 14.9. The Morgan fingerprint density at radius 3 is 2.50 bits per heavy atom. The van der Waals surface area contributed by atoms with Gasteiger partial charge in [0, 0.05) is 0 Å². The Bertz CT molecular complexity index is 840. The monoisotopic (exact) mass is 466 g/mol. The summed E-state index contributed by atoms with van der Waals surface area (Å²) in [5.74, 6) is -1.28. The standard InChI is InChI=1S/C22H30N2O7S/c1-21(2,3)31-20(26)23-11-15(32)24-16-14(28-19-17(16)29-22(4,5)30-19)12-27-18(25)13-9-7-6-8-10-13/h6-10,14,16-17,19H,11-12H2,1-5H3,(H,23,26)(H,24,32)/t14-,16+,17-,19-/m1/s1. The van der Waals surface area contributed by atoms with Crippen molar-refractivity contribution in [2.45, 2.75) is 70.5 Å². The van der Waals surface area contributed by atoms with Crippen LogP contribution in [0.25, 0.3) is 0 Å². The van der Waals surface area contributed by atoms with Crippen LogP contribution in [0.3, 0.4) is 0 Å². The normalized spacial score (nSPS) is 26.2. The van der Waals surface area contributed by atoms with Gasteiger partial charge in [-0.05, 0) is 46.8 Å². The van der Waals surface area contributed by atoms with E-state index in [2.05, 4.69) is 10.6 Å². The number of benzene rings is 1. The molecule has 3 rings (SSSR count). The summed E-state index contributed by atoms with van der Waals surface area (Å²) in [5, 5.41) is 5.77. The number of ether oxygens (including phenoxy) is 5. The number of esters is 1. The van der Waals surface area contributed by atoms with Gasteiger partial charge < -0.3 is 34.3 Å². The van der Waals surface area contributed by atoms with Gasteiger partial charge in [-0.3, -0.25) is 0 Å². The van der Waals surface area contributed by atoms with Crippen molar-refractivity contribution in [2.75, 3.05) is 13.2 Å². The molecule has 32 heavy (non-hydrogen) atoms. The molecule has 176 valence electrons. The van der Waals surface area contributed by atoms with Crippen molar-refractivity contribution in [1.82, 2.24) is 10.6 Å². The third-order valence-corrected chi connectivity index (χ3v) is 4.92. The molecule has 1 amide bonds. The number of carbonyl (C=O) groups excluding carboxylic acids is 2. The fourth-order valence-electron chi connectivity index (χ4n) is 3.41. The molecule has 2 aliphatic rings. The fraction of sp³-hybridized carbons (Fsp3) is 0.591. The van der Waals surface area contributed by atoms with Crippen LogP contribution in [0.2, 0.25) is 0 Å². The molecule has 0 unspecified atom stereocenters. The molecule has 0 spiro atoms. The first kappa shape index (κ1) is 24.4. The summed E-state index contributed by atoms with van der Waals surface area (Å²) < 4.78 is 28.4. The number of amides is 1. The lowest BCUT2D eigenvalue weighted by Gasteiger charge is -2.27. The van der Waals surface area contributed by atoms with Crippen molar-refractivity contribution in [3.63, 3.8) is 0 Å². The van der Waals surface area contributed by atoms with Crippen molar-refractivity contribution >= 4 is 29.3 Å². The molecule has 9 nitrogen and oxygen atoms in total. The molecule has 0 saturated carbocycles. The number of nitrogens with one attached hydrogen (secondary N) is 2. The van der Waals surface area contributed by atoms with E-state index in [4.69, 9.17) is 35.9 Å². The van der Waals surface area contributed by atoms with Crippen LogP contribution in [0, 0.1) is 0 Å². The van der Waals surface area contributed by atoms with E-state index in [0.717, 1.165) is 0 Å². The summed E-state index contributed by atoms with van der Waals surface area (Å²) in [5.41, 5.74) is -0.166. The first-order valence-corrected chi connectivity index (χ1v) is 10.8. The maximum absolute atomic E-state index is 12.3. The zero-order chi connectivity index (χ0) is 23.5. The molecule has 10 heteroatoms. The van der Waals surface area contributed by atoms with E-state index >= 15 is 0 Å². The van der Waals surface area contributed by atoms with Gasteiger partial charge in [-0.15, -0.1) is 0 Å². The number of hydrogen-bond donors (Lipinski definition) is 2. The smallest absolute Gasteiger partial charge is 0.408 e. The second kappa shape index (κ2) is 9.70. The second-order valence-electron chi connectivity index (χ2n) is 9.06. The summed E-state index contributed by atoms with van der Waals surface area (Å²) in [6.45, 7) is 8.96. The van der Waals surface area contributed by atoms with Crippen molar-refractivity contribution in [1.29, 1.82) is 0 Å². The molecule has 2 heterocycles. The molecule has 1 aromatic rings. The molecule has 2 N–H and O–H groups in total. The minimum atomic E-state index is -0.822. The van der Waals surface area contributed by atoms with Gasteiger partial charge in [0.25, 0.3) is 0 Å². The zero-order valence-electron chi connectivity index (χ0n) is 18.9. The number of hydrogen-bond acceptors (Lipinski definition) is 8. The van der Waals surface area contributed by atoms with Gasteiger partial charge >= 0.3 is 12.1 Å². The molecule has 1 aromatic carbocycles. The second-order valence-corrected chi connectivity index (χ2v) is 9.55. The predicted octanol–water partition coefficient (Wildman–Crippen LogP) is 2.53. The lowest BCUT2D eigenvalue weighted by molar-refractivity contribution is -0.210. The lowest BCUT2D eigenvalue weighted by atomic mass is 10.1. The Morgan fingerprint density at radius 1 is 1.16 bits per heavy atom. The molecule has 4 atom stereocenters. The van der Waals surface area contributed by atoms with Crippen LogP contribution in [0.15, 0.2) is 30.3 Å². The van der Waals surface area contributed by atoms with Gasteiger partial charge in [-0.25, -0.2) is 9.59 Å². The van der Waals surface area contributed by atoms with Gasteiger partial charge in [0.2, 0.25) is 0 Å². The van der Waals surface area contributed by atoms with Gasteiger partial charge in [0.15, 0.2) is 12.1 Å². The Kier molecular flexibility index (Phi) is 7.39. The number of fused-ring (bicyclic) bond motifs is 1. The van der Waals surface area contributed by atoms with Crippen LogP contribution in [0.5, 0.6) is 0 Å². The maximum atomic E-state index is 12.3. The highest BCUT2D eigenvalue weighted by Gasteiger charge is 2.55. The third-order valence-electron chi connectivity index (χ3n) is 4.66. The highest BCUT2D eigenvalue weighted by Crippen LogP contribution is 2.37. The minimum absolute atomic E-state index is 0.0202. The van der Waals surface area contributed by atoms with Gasteiger partial charge in [-0.1, -0.05) is 30.4 Å². The molecule has 0 radical (unpaired) electrons. The highest BCUT2D eigenvalue weighted by atomic mass is 32.1. The van der Waals surface area contributed by atoms with Crippen molar-refractivity contribution in [2.24, 2.45) is 0 Å². The van der Waals surface area contributed by atoms with Crippen molar-refractivity contribution in [3.05, 3.63) is 35.9 Å². The quantitative estimate of drug-likeness (QED) is 0.483. The van der Waals surface area contributed by atoms with Crippen LogP contribution in [0.4, 0.5) is 4.79 Å². The largest absolute Gasteiger partial charge is 0.459 e. The van der Waals surface area contributed by atoms with E-state index < -0.39 is 48.0 Å². The van der Waals surface area contributed by atoms with Crippen LogP contribution in [-0.2, 0) is 23.7 Å². The van der Waals surface area contributed by atoms with Gasteiger partial charge in [-0.2, -0.15) is 0 Å². The van der Waals surface area contributed by atoms with Gasteiger partial charge in [0.1, 0.15) is 24.4 Å². The number of thiocarbonyl (C=S) groups is 1. The van der Waals surface area contributed by atoms with E-state index in [-0.39, 0.29) is 13.2 Å². The summed E-state index contributed by atoms with van der Waals surface area (Å²) in [4.78, 5) is 24.6. The number of rotatable bonds is 6. The average Bonchev–Trinajstić information content (AvgIpc) is 3.16. The molecule has 0 aromatic heterocycles. The minimum Gasteiger partial charge on any atom is -0.459 e. The van der Waals surface area contributed by atoms with E-state index in [0.29, 0.717) is 10.6 Å². The topological polar surface area (TPSA) is 104 Å². The third kappa shape index (κ3) is 6.61. The van der Waals surface area contributed by atoms with Crippen LogP contribution >= 0.6 is 12.2 Å².